The molecule has 0 aromatic heterocycles. The van der Waals surface area contributed by atoms with Gasteiger partial charge >= 0.3 is 0 Å². The van der Waals surface area contributed by atoms with Gasteiger partial charge < -0.3 is 4.79 Å². The van der Waals surface area contributed by atoms with E-state index in [0.29, 0.717) is 0 Å². The molecule has 15 heavy (non-hydrogen) atoms. The fourth-order valence-electron chi connectivity index (χ4n) is 1.56. The minimum atomic E-state index is -0.738. The lowest BCUT2D eigenvalue weighted by Crippen LogP contribution is -2.24. The molecule has 4 nitrogen and oxygen atoms in total. The van der Waals surface area contributed by atoms with Gasteiger partial charge in [-0.1, -0.05) is 30.3 Å². The van der Waals surface area contributed by atoms with Crippen molar-refractivity contribution < 1.29 is 9.72 Å². The standard InChI is InChI=1S/C11H13NO3/c1-9(12(14)15)11(7-8-13)10-5-3-2-4-6-10/h2-6,8-9,11H,7H2,1H3/t9-,11-/m0/s1. The van der Waals surface area contributed by atoms with Crippen molar-refractivity contribution in [3.05, 3.63) is 46.0 Å². The second-order valence-electron chi connectivity index (χ2n) is 3.45. The van der Waals surface area contributed by atoms with Gasteiger partial charge in [-0.15, -0.1) is 0 Å². The number of nitrogens with zero attached hydrogens (tertiary/aromatic N) is 1. The molecule has 0 saturated carbocycles. The van der Waals surface area contributed by atoms with E-state index in [1.54, 1.807) is 0 Å². The predicted molar refractivity (Wildman–Crippen MR) is 56.3 cm³/mol. The van der Waals surface area contributed by atoms with E-state index in [0.717, 1.165) is 11.8 Å². The largest absolute Gasteiger partial charge is 0.303 e. The van der Waals surface area contributed by atoms with Gasteiger partial charge in [0.2, 0.25) is 6.04 Å². The van der Waals surface area contributed by atoms with Crippen molar-refractivity contribution in [1.29, 1.82) is 0 Å². The molecule has 0 aliphatic carbocycles. The third-order valence-corrected chi connectivity index (χ3v) is 2.49. The molecule has 0 N–H and O–H groups in total. The Bertz CT molecular complexity index is 337. The smallest absolute Gasteiger partial charge is 0.217 e. The molecule has 2 atom stereocenters. The number of nitro groups is 1. The Kier molecular flexibility index (Phi) is 3.97. The Labute approximate surface area is 88.1 Å². The molecule has 0 aliphatic heterocycles. The van der Waals surface area contributed by atoms with Gasteiger partial charge in [0, 0.05) is 18.3 Å². The molecular weight excluding hydrogens is 194 g/mol. The van der Waals surface area contributed by atoms with E-state index >= 15 is 0 Å². The number of carbonyl (C=O) groups is 1. The average molecular weight is 207 g/mol. The first-order valence-corrected chi connectivity index (χ1v) is 4.79. The van der Waals surface area contributed by atoms with E-state index in [1.807, 2.05) is 30.3 Å². The normalized spacial score (nSPS) is 14.2. The van der Waals surface area contributed by atoms with Crippen LogP contribution in [0.3, 0.4) is 0 Å². The zero-order chi connectivity index (χ0) is 11.3. The van der Waals surface area contributed by atoms with Gasteiger partial charge in [-0.2, -0.15) is 0 Å². The van der Waals surface area contributed by atoms with Crippen LogP contribution in [0.5, 0.6) is 0 Å². The van der Waals surface area contributed by atoms with Crippen molar-refractivity contribution in [2.24, 2.45) is 0 Å². The lowest BCUT2D eigenvalue weighted by Gasteiger charge is -2.15. The van der Waals surface area contributed by atoms with E-state index in [-0.39, 0.29) is 17.3 Å². The highest BCUT2D eigenvalue weighted by Gasteiger charge is 2.27. The zero-order valence-corrected chi connectivity index (χ0v) is 8.50. The van der Waals surface area contributed by atoms with Crippen molar-refractivity contribution in [2.75, 3.05) is 0 Å². The van der Waals surface area contributed by atoms with Gasteiger partial charge in [0.05, 0.1) is 5.92 Å². The Hall–Kier alpha value is -1.71. The average Bonchev–Trinajstić information content (AvgIpc) is 2.26. The van der Waals surface area contributed by atoms with E-state index < -0.39 is 6.04 Å². The summed E-state index contributed by atoms with van der Waals surface area (Å²) in [4.78, 5) is 20.8. The molecule has 0 heterocycles. The summed E-state index contributed by atoms with van der Waals surface area (Å²) in [6, 6.07) is 8.37. The van der Waals surface area contributed by atoms with Crippen LogP contribution < -0.4 is 0 Å². The van der Waals surface area contributed by atoms with Gasteiger partial charge in [-0.3, -0.25) is 10.1 Å². The van der Waals surface area contributed by atoms with Crippen LogP contribution in [-0.2, 0) is 4.79 Å². The topological polar surface area (TPSA) is 60.2 Å². The van der Waals surface area contributed by atoms with Crippen molar-refractivity contribution in [1.82, 2.24) is 0 Å². The van der Waals surface area contributed by atoms with Gasteiger partial charge in [-0.05, 0) is 5.56 Å². The van der Waals surface area contributed by atoms with Crippen LogP contribution in [0.15, 0.2) is 30.3 Å². The molecule has 0 spiro atoms. The monoisotopic (exact) mass is 207 g/mol. The SMILES string of the molecule is C[C@@H]([C@H](CC=O)c1ccccc1)[N+](=O)[O-]. The van der Waals surface area contributed by atoms with Crippen LogP contribution in [0.1, 0.15) is 24.8 Å². The van der Waals surface area contributed by atoms with E-state index in [1.165, 1.54) is 6.92 Å². The van der Waals surface area contributed by atoms with Crippen LogP contribution in [0.2, 0.25) is 0 Å². The molecule has 0 radical (unpaired) electrons. The minimum Gasteiger partial charge on any atom is -0.303 e. The highest BCUT2D eigenvalue weighted by molar-refractivity contribution is 5.52. The number of aldehydes is 1. The lowest BCUT2D eigenvalue weighted by molar-refractivity contribution is -0.522. The first-order valence-electron chi connectivity index (χ1n) is 4.79. The molecule has 0 saturated heterocycles. The summed E-state index contributed by atoms with van der Waals surface area (Å²) in [5, 5.41) is 10.7. The van der Waals surface area contributed by atoms with Gasteiger partial charge in [0.25, 0.3) is 0 Å². The summed E-state index contributed by atoms with van der Waals surface area (Å²) in [5.74, 6) is -0.335. The summed E-state index contributed by atoms with van der Waals surface area (Å²) < 4.78 is 0. The van der Waals surface area contributed by atoms with Crippen molar-refractivity contribution in [3.63, 3.8) is 0 Å². The van der Waals surface area contributed by atoms with Crippen LogP contribution in [0.4, 0.5) is 0 Å². The van der Waals surface area contributed by atoms with E-state index in [9.17, 15) is 14.9 Å². The zero-order valence-electron chi connectivity index (χ0n) is 8.50. The number of carbonyl (C=O) groups excluding carboxylic acids is 1. The van der Waals surface area contributed by atoms with Crippen molar-refractivity contribution in [2.45, 2.75) is 25.3 Å². The molecule has 0 aliphatic rings. The Balaban J connectivity index is 2.92. The summed E-state index contributed by atoms with van der Waals surface area (Å²) in [5.41, 5.74) is 0.841. The number of rotatable bonds is 5. The molecule has 1 rings (SSSR count). The molecule has 0 unspecified atom stereocenters. The van der Waals surface area contributed by atoms with Crippen LogP contribution in [-0.4, -0.2) is 17.3 Å². The van der Waals surface area contributed by atoms with E-state index in [4.69, 9.17) is 0 Å². The summed E-state index contributed by atoms with van der Waals surface area (Å²) in [6.45, 7) is 1.53. The fourth-order valence-corrected chi connectivity index (χ4v) is 1.56. The van der Waals surface area contributed by atoms with Crippen molar-refractivity contribution in [3.8, 4) is 0 Å². The van der Waals surface area contributed by atoms with Crippen LogP contribution >= 0.6 is 0 Å². The minimum absolute atomic E-state index is 0.187. The van der Waals surface area contributed by atoms with Crippen LogP contribution in [0, 0.1) is 10.1 Å². The quantitative estimate of drug-likeness (QED) is 0.421. The van der Waals surface area contributed by atoms with Gasteiger partial charge in [0.1, 0.15) is 6.29 Å². The fraction of sp³-hybridized carbons (Fsp3) is 0.364. The Morgan fingerprint density at radius 1 is 1.40 bits per heavy atom. The molecular formula is C11H13NO3. The van der Waals surface area contributed by atoms with Crippen LogP contribution in [0.25, 0.3) is 0 Å². The summed E-state index contributed by atoms with van der Waals surface area (Å²) >= 11 is 0. The molecule has 1 aromatic carbocycles. The second kappa shape index (κ2) is 5.24. The third-order valence-electron chi connectivity index (χ3n) is 2.49. The molecule has 1 aromatic rings. The molecule has 80 valence electrons. The maximum atomic E-state index is 10.7. The van der Waals surface area contributed by atoms with E-state index in [2.05, 4.69) is 0 Å². The summed E-state index contributed by atoms with van der Waals surface area (Å²) in [7, 11) is 0. The maximum Gasteiger partial charge on any atom is 0.217 e. The first-order chi connectivity index (χ1) is 7.16. The molecule has 0 bridgehead atoms. The number of hydrogen-bond acceptors (Lipinski definition) is 3. The molecule has 4 heteroatoms. The second-order valence-corrected chi connectivity index (χ2v) is 3.45. The highest BCUT2D eigenvalue weighted by atomic mass is 16.6. The number of hydrogen-bond donors (Lipinski definition) is 0. The number of benzene rings is 1. The first kappa shape index (κ1) is 11.4. The molecule has 0 fully saturated rings. The summed E-state index contributed by atoms with van der Waals surface area (Å²) in [6.07, 6.45) is 0.920. The van der Waals surface area contributed by atoms with Gasteiger partial charge in [0.15, 0.2) is 0 Å². The Morgan fingerprint density at radius 3 is 2.47 bits per heavy atom. The lowest BCUT2D eigenvalue weighted by atomic mass is 9.90. The highest BCUT2D eigenvalue weighted by Crippen LogP contribution is 2.23. The molecule has 0 amide bonds. The third kappa shape index (κ3) is 2.87. The van der Waals surface area contributed by atoms with Gasteiger partial charge in [-0.25, -0.2) is 0 Å². The maximum absolute atomic E-state index is 10.7. The Morgan fingerprint density at radius 2 is 2.00 bits per heavy atom. The van der Waals surface area contributed by atoms with Crippen molar-refractivity contribution >= 4 is 6.29 Å². The predicted octanol–water partition coefficient (Wildman–Crippen LogP) is 2.02.